The second-order valence-electron chi connectivity index (χ2n) is 17.8. The predicted molar refractivity (Wildman–Crippen MR) is 213 cm³/mol. The molecule has 278 valence electrons. The highest BCUT2D eigenvalue weighted by Gasteiger charge is 2.51. The molecule has 0 spiro atoms. The van der Waals surface area contributed by atoms with Crippen molar-refractivity contribution in [3.63, 3.8) is 0 Å². The summed E-state index contributed by atoms with van der Waals surface area (Å²) in [6, 6.07) is 10.5. The van der Waals surface area contributed by atoms with Crippen molar-refractivity contribution in [3.05, 3.63) is 59.1 Å². The molecular weight excluding hydrogens is 618 g/mol. The molecule has 3 aliphatic rings. The molecule has 3 nitrogen and oxygen atoms in total. The third kappa shape index (κ3) is 12.2. The van der Waals surface area contributed by atoms with Crippen molar-refractivity contribution in [1.29, 1.82) is 0 Å². The van der Waals surface area contributed by atoms with Gasteiger partial charge < -0.3 is 4.42 Å². The van der Waals surface area contributed by atoms with Gasteiger partial charge >= 0.3 is 0 Å². The van der Waals surface area contributed by atoms with Crippen LogP contribution >= 0.6 is 0 Å². The number of hydrogen-bond donors (Lipinski definition) is 0. The van der Waals surface area contributed by atoms with Crippen LogP contribution in [-0.2, 0) is 10.2 Å². The fourth-order valence-electron chi connectivity index (χ4n) is 7.46. The number of fused-ring (bicyclic) bond motifs is 1. The van der Waals surface area contributed by atoms with E-state index < -0.39 is 0 Å². The van der Waals surface area contributed by atoms with Crippen molar-refractivity contribution in [1.82, 2.24) is 4.98 Å². The second kappa shape index (κ2) is 17.6. The monoisotopic (exact) mass is 688 g/mol. The van der Waals surface area contributed by atoms with Gasteiger partial charge in [0.15, 0.2) is 5.58 Å². The maximum absolute atomic E-state index is 13.2. The molecule has 50 heavy (non-hydrogen) atoms. The van der Waals surface area contributed by atoms with E-state index in [4.69, 9.17) is 9.40 Å². The van der Waals surface area contributed by atoms with Crippen LogP contribution in [0.4, 0.5) is 4.39 Å². The lowest BCUT2D eigenvalue weighted by molar-refractivity contribution is -0.130. The zero-order valence-electron chi connectivity index (χ0n) is 34.1. The van der Waals surface area contributed by atoms with Crippen LogP contribution in [0.3, 0.4) is 0 Å². The van der Waals surface area contributed by atoms with Crippen LogP contribution in [0, 0.1) is 40.3 Å². The van der Waals surface area contributed by atoms with E-state index in [0.717, 1.165) is 70.7 Å². The van der Waals surface area contributed by atoms with Crippen LogP contribution < -0.4 is 0 Å². The van der Waals surface area contributed by atoms with Gasteiger partial charge in [-0.15, -0.1) is 0 Å². The third-order valence-corrected chi connectivity index (χ3v) is 10.8. The summed E-state index contributed by atoms with van der Waals surface area (Å²) in [5, 5.41) is 0. The van der Waals surface area contributed by atoms with Crippen molar-refractivity contribution in [3.8, 4) is 11.3 Å². The smallest absolute Gasteiger partial charge is 0.156 e. The topological polar surface area (TPSA) is 43.1 Å². The van der Waals surface area contributed by atoms with Crippen molar-refractivity contribution in [2.24, 2.45) is 34.5 Å². The summed E-state index contributed by atoms with van der Waals surface area (Å²) >= 11 is 0. The molecule has 3 aromatic rings. The zero-order chi connectivity index (χ0) is 37.4. The summed E-state index contributed by atoms with van der Waals surface area (Å²) in [4.78, 5) is 16.1. The number of carbonyl (C=O) groups is 1. The number of Topliss-reactive ketones (excluding diaryl/α,β-unsaturated/α-hetero) is 1. The molecule has 0 radical (unpaired) electrons. The average Bonchev–Trinajstić information content (AvgIpc) is 3.97. The van der Waals surface area contributed by atoms with Gasteiger partial charge in [0.25, 0.3) is 0 Å². The molecule has 2 heterocycles. The molecule has 0 amide bonds. The van der Waals surface area contributed by atoms with Gasteiger partial charge in [-0.2, -0.15) is 0 Å². The highest BCUT2D eigenvalue weighted by molar-refractivity contribution is 5.84. The number of benzene rings is 1. The number of nitrogens with zero attached hydrogens (tertiary/aromatic N) is 1. The quantitative estimate of drug-likeness (QED) is 0.225. The number of rotatable bonds is 9. The van der Waals surface area contributed by atoms with Crippen LogP contribution in [0.5, 0.6) is 0 Å². The van der Waals surface area contributed by atoms with Gasteiger partial charge in [-0.05, 0) is 115 Å². The maximum Gasteiger partial charge on any atom is 0.156 e. The average molecular weight is 688 g/mol. The van der Waals surface area contributed by atoms with Crippen molar-refractivity contribution >= 4 is 23.0 Å². The number of halogens is 1. The molecule has 2 unspecified atom stereocenters. The van der Waals surface area contributed by atoms with Gasteiger partial charge in [0.1, 0.15) is 22.9 Å². The van der Waals surface area contributed by atoms with Crippen LogP contribution in [0.15, 0.2) is 46.4 Å². The van der Waals surface area contributed by atoms with Crippen LogP contribution in [-0.4, -0.2) is 10.8 Å². The largest absolute Gasteiger partial charge is 0.455 e. The van der Waals surface area contributed by atoms with E-state index in [-0.39, 0.29) is 11.2 Å². The normalized spacial score (nSPS) is 20.9. The minimum absolute atomic E-state index is 0.0716. The molecule has 0 bridgehead atoms. The third-order valence-electron chi connectivity index (χ3n) is 10.8. The SMILES string of the molecule is CC.CC(C)(C)c1cc(-c2ccc(F)cc2)nc2cc(C=C3CC3)oc12.CCC(=O)C1CC(C)(C2CC2)C1.CCCC(C)C(C)CC(C)(C)C. The van der Waals surface area contributed by atoms with Gasteiger partial charge in [-0.1, -0.05) is 108 Å². The van der Waals surface area contributed by atoms with Gasteiger partial charge in [0.05, 0.1) is 5.69 Å². The minimum Gasteiger partial charge on any atom is -0.455 e. The summed E-state index contributed by atoms with van der Waals surface area (Å²) in [5.74, 6) is 4.30. The fraction of sp³-hybridized carbons (Fsp3) is 0.652. The van der Waals surface area contributed by atoms with Crippen molar-refractivity contribution < 1.29 is 13.6 Å². The first-order valence-electron chi connectivity index (χ1n) is 19.9. The van der Waals surface area contributed by atoms with Crippen LogP contribution in [0.1, 0.15) is 166 Å². The Hall–Kier alpha value is -2.75. The number of ketones is 1. The summed E-state index contributed by atoms with van der Waals surface area (Å²) < 4.78 is 19.3. The first-order chi connectivity index (χ1) is 23.4. The van der Waals surface area contributed by atoms with Gasteiger partial charge in [0.2, 0.25) is 0 Å². The van der Waals surface area contributed by atoms with Crippen molar-refractivity contribution in [2.75, 3.05) is 0 Å². The lowest BCUT2D eigenvalue weighted by atomic mass is 9.59. The first kappa shape index (κ1) is 41.7. The molecule has 0 aliphatic heterocycles. The number of aromatic nitrogens is 1. The molecule has 3 saturated carbocycles. The summed E-state index contributed by atoms with van der Waals surface area (Å²) in [6.45, 7) is 28.9. The molecule has 0 saturated heterocycles. The van der Waals surface area contributed by atoms with E-state index in [2.05, 4.69) is 81.4 Å². The Morgan fingerprint density at radius 1 is 0.980 bits per heavy atom. The van der Waals surface area contributed by atoms with Crippen LogP contribution in [0.25, 0.3) is 28.4 Å². The number of carbonyl (C=O) groups excluding carboxylic acids is 1. The Kier molecular flexibility index (Phi) is 14.7. The van der Waals surface area contributed by atoms with E-state index in [1.54, 1.807) is 12.1 Å². The Morgan fingerprint density at radius 2 is 1.58 bits per heavy atom. The molecule has 3 fully saturated rings. The van der Waals surface area contributed by atoms with E-state index in [1.165, 1.54) is 62.7 Å². The van der Waals surface area contributed by atoms with E-state index >= 15 is 0 Å². The molecule has 1 aromatic carbocycles. The summed E-state index contributed by atoms with van der Waals surface area (Å²) in [5.41, 5.74) is 6.99. The number of allylic oxidation sites excluding steroid dienone is 1. The van der Waals surface area contributed by atoms with Gasteiger partial charge in [-0.3, -0.25) is 4.79 Å². The predicted octanol–water partition coefficient (Wildman–Crippen LogP) is 14.4. The second-order valence-corrected chi connectivity index (χ2v) is 17.8. The molecule has 0 N–H and O–H groups in total. The van der Waals surface area contributed by atoms with E-state index in [1.807, 2.05) is 26.8 Å². The molecule has 3 aliphatic carbocycles. The molecular formula is C46H70FNO2. The molecule has 6 rings (SSSR count). The fourth-order valence-corrected chi connectivity index (χ4v) is 7.46. The Labute approximate surface area is 305 Å². The highest BCUT2D eigenvalue weighted by atomic mass is 19.1. The Morgan fingerprint density at radius 3 is 2.06 bits per heavy atom. The lowest BCUT2D eigenvalue weighted by Gasteiger charge is -2.45. The van der Waals surface area contributed by atoms with Crippen LogP contribution in [0.2, 0.25) is 0 Å². The lowest BCUT2D eigenvalue weighted by Crippen LogP contribution is -2.40. The van der Waals surface area contributed by atoms with Gasteiger partial charge in [0, 0.05) is 29.5 Å². The van der Waals surface area contributed by atoms with Gasteiger partial charge in [-0.25, -0.2) is 9.37 Å². The number of hydrogen-bond acceptors (Lipinski definition) is 3. The summed E-state index contributed by atoms with van der Waals surface area (Å²) in [7, 11) is 0. The molecule has 4 heteroatoms. The highest BCUT2D eigenvalue weighted by Crippen LogP contribution is 2.59. The Bertz CT molecular complexity index is 1530. The molecule has 2 atom stereocenters. The summed E-state index contributed by atoms with van der Waals surface area (Å²) in [6.07, 6.45) is 14.5. The van der Waals surface area contributed by atoms with Crippen molar-refractivity contribution in [2.45, 2.75) is 160 Å². The maximum atomic E-state index is 13.2. The van der Waals surface area contributed by atoms with E-state index in [0.29, 0.717) is 22.5 Å². The standard InChI is InChI=1S/C21H20FNO.C12H26.C11H18O.C2H6/c1-21(2,3)17-12-18(14-6-8-15(22)9-7-14)23-19-11-16(24-20(17)19)10-13-4-5-13;1-7-8-10(2)11(3)9-12(4,5)6;1-3-10(12)8-6-11(2,7-8)9-4-5-9;1-2/h6-12H,4-5H2,1-3H3;10-11H,7-9H2,1-6H3;8-9H,3-7H2,1-2H3;1-2H3. The van der Waals surface area contributed by atoms with E-state index in [9.17, 15) is 9.18 Å². The minimum atomic E-state index is -0.238. The Balaban J connectivity index is 0.000000220. The number of pyridine rings is 1. The zero-order valence-corrected chi connectivity index (χ0v) is 34.1. The number of furan rings is 1. The first-order valence-corrected chi connectivity index (χ1v) is 19.9. The molecule has 2 aromatic heterocycles.